The second-order valence-electron chi connectivity index (χ2n) is 4.19. The van der Waals surface area contributed by atoms with E-state index in [1.54, 1.807) is 36.4 Å². The van der Waals surface area contributed by atoms with Crippen molar-refractivity contribution in [1.29, 1.82) is 0 Å². The first-order chi connectivity index (χ1) is 9.65. The highest BCUT2D eigenvalue weighted by Crippen LogP contribution is 2.06. The Morgan fingerprint density at radius 2 is 1.75 bits per heavy atom. The van der Waals surface area contributed by atoms with E-state index in [4.69, 9.17) is 0 Å². The van der Waals surface area contributed by atoms with Gasteiger partial charge in [0, 0.05) is 18.2 Å². The second kappa shape index (κ2) is 6.61. The van der Waals surface area contributed by atoms with Crippen LogP contribution in [0.5, 0.6) is 0 Å². The van der Waals surface area contributed by atoms with Crippen LogP contribution in [-0.2, 0) is 11.3 Å². The van der Waals surface area contributed by atoms with Crippen LogP contribution in [0.15, 0.2) is 54.6 Å². The van der Waals surface area contributed by atoms with Crippen molar-refractivity contribution >= 4 is 12.0 Å². The van der Waals surface area contributed by atoms with Crippen molar-refractivity contribution in [2.24, 2.45) is 0 Å². The third-order valence-corrected chi connectivity index (χ3v) is 2.71. The van der Waals surface area contributed by atoms with E-state index in [1.807, 2.05) is 0 Å². The van der Waals surface area contributed by atoms with Gasteiger partial charge in [-0.15, -0.1) is 0 Å². The third kappa shape index (κ3) is 4.02. The molecule has 0 aliphatic rings. The van der Waals surface area contributed by atoms with Crippen LogP contribution in [0.2, 0.25) is 0 Å². The van der Waals surface area contributed by atoms with Gasteiger partial charge < -0.3 is 5.32 Å². The molecule has 1 amide bonds. The molecule has 2 aromatic rings. The van der Waals surface area contributed by atoms with Crippen molar-refractivity contribution in [3.05, 3.63) is 77.4 Å². The van der Waals surface area contributed by atoms with Gasteiger partial charge in [-0.2, -0.15) is 0 Å². The predicted molar refractivity (Wildman–Crippen MR) is 73.7 cm³/mol. The van der Waals surface area contributed by atoms with Crippen molar-refractivity contribution in [3.63, 3.8) is 0 Å². The average molecular weight is 273 g/mol. The summed E-state index contributed by atoms with van der Waals surface area (Å²) in [5.74, 6) is -1.01. The standard InChI is InChI=1S/C16H13F2NO/c17-14-8-5-12(6-9-14)7-10-16(20)19-11-13-3-1-2-4-15(13)18/h1-10H,11H2,(H,19,20)/b10-7+. The van der Waals surface area contributed by atoms with E-state index in [9.17, 15) is 13.6 Å². The Balaban J connectivity index is 1.90. The summed E-state index contributed by atoms with van der Waals surface area (Å²) >= 11 is 0. The lowest BCUT2D eigenvalue weighted by atomic mass is 10.2. The maximum atomic E-state index is 13.3. The highest BCUT2D eigenvalue weighted by atomic mass is 19.1. The molecule has 0 saturated carbocycles. The molecule has 0 heterocycles. The summed E-state index contributed by atoms with van der Waals surface area (Å²) in [5, 5.41) is 2.58. The molecule has 2 nitrogen and oxygen atoms in total. The van der Waals surface area contributed by atoms with Gasteiger partial charge in [0.1, 0.15) is 11.6 Å². The number of hydrogen-bond acceptors (Lipinski definition) is 1. The molecule has 2 aromatic carbocycles. The fourth-order valence-corrected chi connectivity index (χ4v) is 1.63. The number of benzene rings is 2. The molecule has 0 radical (unpaired) electrons. The van der Waals surface area contributed by atoms with E-state index in [1.165, 1.54) is 24.3 Å². The van der Waals surface area contributed by atoms with Gasteiger partial charge >= 0.3 is 0 Å². The fraction of sp³-hybridized carbons (Fsp3) is 0.0625. The van der Waals surface area contributed by atoms with Gasteiger partial charge in [-0.3, -0.25) is 4.79 Å². The lowest BCUT2D eigenvalue weighted by molar-refractivity contribution is -0.116. The monoisotopic (exact) mass is 273 g/mol. The molecule has 0 atom stereocenters. The van der Waals surface area contributed by atoms with Crippen molar-refractivity contribution < 1.29 is 13.6 Å². The number of amides is 1. The molecule has 0 aliphatic carbocycles. The first-order valence-corrected chi connectivity index (χ1v) is 6.10. The van der Waals surface area contributed by atoms with Crippen LogP contribution in [0, 0.1) is 11.6 Å². The maximum absolute atomic E-state index is 13.3. The molecular formula is C16H13F2NO. The van der Waals surface area contributed by atoms with Crippen molar-refractivity contribution in [3.8, 4) is 0 Å². The molecule has 1 N–H and O–H groups in total. The minimum atomic E-state index is -0.352. The Bertz CT molecular complexity index is 621. The number of rotatable bonds is 4. The molecule has 0 unspecified atom stereocenters. The SMILES string of the molecule is O=C(/C=C/c1ccc(F)cc1)NCc1ccccc1F. The maximum Gasteiger partial charge on any atom is 0.244 e. The molecular weight excluding hydrogens is 260 g/mol. The van der Waals surface area contributed by atoms with Crippen LogP contribution < -0.4 is 5.32 Å². The smallest absolute Gasteiger partial charge is 0.244 e. The van der Waals surface area contributed by atoms with Crippen LogP contribution in [0.3, 0.4) is 0 Å². The molecule has 0 fully saturated rings. The number of nitrogens with one attached hydrogen (secondary N) is 1. The number of hydrogen-bond donors (Lipinski definition) is 1. The summed E-state index contributed by atoms with van der Waals surface area (Å²) in [4.78, 5) is 11.6. The molecule has 2 rings (SSSR count). The summed E-state index contributed by atoms with van der Waals surface area (Å²) in [6.07, 6.45) is 2.89. The second-order valence-corrected chi connectivity index (χ2v) is 4.19. The van der Waals surface area contributed by atoms with Crippen LogP contribution in [0.4, 0.5) is 8.78 Å². The molecule has 0 saturated heterocycles. The quantitative estimate of drug-likeness (QED) is 0.851. The van der Waals surface area contributed by atoms with Gasteiger partial charge in [0.25, 0.3) is 0 Å². The summed E-state index contributed by atoms with van der Waals surface area (Å²) in [7, 11) is 0. The summed E-state index contributed by atoms with van der Waals surface area (Å²) in [6.45, 7) is 0.124. The molecule has 102 valence electrons. The largest absolute Gasteiger partial charge is 0.348 e. The number of halogens is 2. The summed E-state index contributed by atoms with van der Waals surface area (Å²) < 4.78 is 26.0. The predicted octanol–water partition coefficient (Wildman–Crippen LogP) is 3.29. The van der Waals surface area contributed by atoms with E-state index in [0.29, 0.717) is 11.1 Å². The topological polar surface area (TPSA) is 29.1 Å². The zero-order valence-corrected chi connectivity index (χ0v) is 10.6. The zero-order valence-electron chi connectivity index (χ0n) is 10.6. The molecule has 0 spiro atoms. The Labute approximate surface area is 115 Å². The average Bonchev–Trinajstić information content (AvgIpc) is 2.46. The Kier molecular flexibility index (Phi) is 4.60. The molecule has 0 bridgehead atoms. The van der Waals surface area contributed by atoms with Crippen molar-refractivity contribution in [2.45, 2.75) is 6.54 Å². The van der Waals surface area contributed by atoms with E-state index in [-0.39, 0.29) is 24.1 Å². The molecule has 20 heavy (non-hydrogen) atoms. The van der Waals surface area contributed by atoms with Gasteiger partial charge in [-0.1, -0.05) is 30.3 Å². The minimum Gasteiger partial charge on any atom is -0.348 e. The summed E-state index contributed by atoms with van der Waals surface area (Å²) in [6, 6.07) is 12.0. The minimum absolute atomic E-state index is 0.124. The molecule has 4 heteroatoms. The van der Waals surface area contributed by atoms with Crippen molar-refractivity contribution in [1.82, 2.24) is 5.32 Å². The Hall–Kier alpha value is -2.49. The summed E-state index contributed by atoms with van der Waals surface area (Å²) in [5.41, 5.74) is 1.14. The highest BCUT2D eigenvalue weighted by Gasteiger charge is 2.01. The van der Waals surface area contributed by atoms with Crippen LogP contribution >= 0.6 is 0 Å². The van der Waals surface area contributed by atoms with Crippen LogP contribution in [-0.4, -0.2) is 5.91 Å². The van der Waals surface area contributed by atoms with Gasteiger partial charge in [-0.05, 0) is 29.8 Å². The van der Waals surface area contributed by atoms with Gasteiger partial charge in [0.05, 0.1) is 0 Å². The normalized spacial score (nSPS) is 10.7. The first kappa shape index (κ1) is 13.9. The van der Waals surface area contributed by atoms with E-state index in [0.717, 1.165) is 0 Å². The number of carbonyl (C=O) groups excluding carboxylic acids is 1. The van der Waals surface area contributed by atoms with Crippen LogP contribution in [0.25, 0.3) is 6.08 Å². The van der Waals surface area contributed by atoms with Gasteiger partial charge in [0.15, 0.2) is 0 Å². The zero-order chi connectivity index (χ0) is 14.4. The van der Waals surface area contributed by atoms with Crippen LogP contribution in [0.1, 0.15) is 11.1 Å². The third-order valence-electron chi connectivity index (χ3n) is 2.71. The van der Waals surface area contributed by atoms with Gasteiger partial charge in [0.2, 0.25) is 5.91 Å². The Morgan fingerprint density at radius 3 is 2.45 bits per heavy atom. The Morgan fingerprint density at radius 1 is 1.05 bits per heavy atom. The molecule has 0 aromatic heterocycles. The van der Waals surface area contributed by atoms with E-state index < -0.39 is 0 Å². The first-order valence-electron chi connectivity index (χ1n) is 6.10. The van der Waals surface area contributed by atoms with Gasteiger partial charge in [-0.25, -0.2) is 8.78 Å². The molecule has 0 aliphatic heterocycles. The number of carbonyl (C=O) groups is 1. The fourth-order valence-electron chi connectivity index (χ4n) is 1.63. The highest BCUT2D eigenvalue weighted by molar-refractivity contribution is 5.91. The lowest BCUT2D eigenvalue weighted by Gasteiger charge is -2.03. The lowest BCUT2D eigenvalue weighted by Crippen LogP contribution is -2.20. The van der Waals surface area contributed by atoms with E-state index >= 15 is 0 Å². The van der Waals surface area contributed by atoms with E-state index in [2.05, 4.69) is 5.32 Å². The van der Waals surface area contributed by atoms with Crippen molar-refractivity contribution in [2.75, 3.05) is 0 Å².